The van der Waals surface area contributed by atoms with Gasteiger partial charge in [-0.3, -0.25) is 4.68 Å². The molecule has 0 amide bonds. The zero-order valence-corrected chi connectivity index (χ0v) is 10.4. The van der Waals surface area contributed by atoms with Gasteiger partial charge in [-0.15, -0.1) is 0 Å². The normalized spacial score (nSPS) is 11.8. The monoisotopic (exact) mass is 277 g/mol. The summed E-state index contributed by atoms with van der Waals surface area (Å²) in [4.78, 5) is 3.40. The quantitative estimate of drug-likeness (QED) is 0.937. The Labute approximate surface area is 105 Å². The fourth-order valence-electron chi connectivity index (χ4n) is 1.40. The van der Waals surface area contributed by atoms with E-state index in [2.05, 4.69) is 19.8 Å². The van der Waals surface area contributed by atoms with Crippen molar-refractivity contribution in [2.24, 2.45) is 7.05 Å². The number of hydrogen-bond donors (Lipinski definition) is 1. The lowest BCUT2D eigenvalue weighted by atomic mass is 10.3. The molecule has 0 bridgehead atoms. The van der Waals surface area contributed by atoms with Crippen molar-refractivity contribution in [3.63, 3.8) is 0 Å². The molecule has 0 saturated carbocycles. The van der Waals surface area contributed by atoms with Crippen LogP contribution >= 0.6 is 11.5 Å². The van der Waals surface area contributed by atoms with Gasteiger partial charge < -0.3 is 5.32 Å². The number of nitrogens with zero attached hydrogens (tertiary/aromatic N) is 4. The van der Waals surface area contributed by atoms with E-state index in [1.165, 1.54) is 0 Å². The molecule has 0 atom stereocenters. The Bertz CT molecular complexity index is 545. The topological polar surface area (TPSA) is 55.6 Å². The Morgan fingerprint density at radius 2 is 2.17 bits per heavy atom. The molecule has 2 aromatic rings. The van der Waals surface area contributed by atoms with Crippen LogP contribution in [0.3, 0.4) is 0 Å². The second-order valence-corrected chi connectivity index (χ2v) is 4.31. The second kappa shape index (κ2) is 4.56. The van der Waals surface area contributed by atoms with Gasteiger partial charge in [0, 0.05) is 24.8 Å². The Hall–Kier alpha value is -1.64. The van der Waals surface area contributed by atoms with Gasteiger partial charge in [-0.1, -0.05) is 6.92 Å². The Morgan fingerprint density at radius 3 is 2.72 bits per heavy atom. The number of halogens is 3. The molecule has 0 fully saturated rings. The molecular weight excluding hydrogens is 267 g/mol. The first-order valence-corrected chi connectivity index (χ1v) is 5.88. The average Bonchev–Trinajstić information content (AvgIpc) is 2.85. The van der Waals surface area contributed by atoms with Gasteiger partial charge in [0.05, 0.1) is 11.4 Å². The third-order valence-corrected chi connectivity index (χ3v) is 2.79. The summed E-state index contributed by atoms with van der Waals surface area (Å²) in [7, 11) is 1.74. The van der Waals surface area contributed by atoms with Gasteiger partial charge in [-0.25, -0.2) is 0 Å². The Kier molecular flexibility index (Phi) is 3.24. The van der Waals surface area contributed by atoms with Crippen molar-refractivity contribution in [3.8, 4) is 0 Å². The van der Waals surface area contributed by atoms with Crippen LogP contribution in [-0.4, -0.2) is 19.1 Å². The smallest absolute Gasteiger partial charge is 0.327 e. The summed E-state index contributed by atoms with van der Waals surface area (Å²) >= 11 is 0.670. The second-order valence-electron chi connectivity index (χ2n) is 3.56. The van der Waals surface area contributed by atoms with Crippen LogP contribution in [0.2, 0.25) is 0 Å². The van der Waals surface area contributed by atoms with E-state index >= 15 is 0 Å². The van der Waals surface area contributed by atoms with E-state index in [1.54, 1.807) is 17.9 Å². The summed E-state index contributed by atoms with van der Waals surface area (Å²) in [5.41, 5.74) is 1.41. The van der Waals surface area contributed by atoms with Gasteiger partial charge in [-0.2, -0.15) is 27.6 Å². The highest BCUT2D eigenvalue weighted by atomic mass is 32.1. The van der Waals surface area contributed by atoms with E-state index in [-0.39, 0.29) is 5.13 Å². The molecular formula is C9H10F3N5S. The fraction of sp³-hybridized carbons (Fsp3) is 0.444. The van der Waals surface area contributed by atoms with E-state index in [0.717, 1.165) is 5.69 Å². The summed E-state index contributed by atoms with van der Waals surface area (Å²) in [6.45, 7) is 1.91. The molecule has 2 heterocycles. The van der Waals surface area contributed by atoms with Crippen molar-refractivity contribution in [2.45, 2.75) is 19.5 Å². The summed E-state index contributed by atoms with van der Waals surface area (Å²) in [6, 6.07) is 0. The van der Waals surface area contributed by atoms with E-state index in [1.807, 2.05) is 6.92 Å². The molecule has 18 heavy (non-hydrogen) atoms. The van der Waals surface area contributed by atoms with Crippen molar-refractivity contribution in [2.75, 3.05) is 5.32 Å². The number of nitrogens with one attached hydrogen (secondary N) is 1. The highest BCUT2D eigenvalue weighted by molar-refractivity contribution is 7.09. The molecule has 2 rings (SSSR count). The lowest BCUT2D eigenvalue weighted by Crippen LogP contribution is -2.07. The highest BCUT2D eigenvalue weighted by Gasteiger charge is 2.36. The van der Waals surface area contributed by atoms with Crippen molar-refractivity contribution >= 4 is 22.4 Å². The van der Waals surface area contributed by atoms with Crippen LogP contribution in [0.5, 0.6) is 0 Å². The number of rotatable bonds is 3. The molecule has 2 aromatic heterocycles. The molecule has 98 valence electrons. The van der Waals surface area contributed by atoms with Gasteiger partial charge in [0.25, 0.3) is 0 Å². The first kappa shape index (κ1) is 12.8. The minimum absolute atomic E-state index is 0.102. The fourth-order valence-corrected chi connectivity index (χ4v) is 2.00. The third-order valence-electron chi connectivity index (χ3n) is 2.16. The average molecular weight is 277 g/mol. The summed E-state index contributed by atoms with van der Waals surface area (Å²) in [6.07, 6.45) is -2.15. The van der Waals surface area contributed by atoms with Gasteiger partial charge in [0.15, 0.2) is 0 Å². The lowest BCUT2D eigenvalue weighted by Gasteiger charge is -2.00. The predicted octanol–water partition coefficient (Wildman–Crippen LogP) is 2.60. The zero-order valence-electron chi connectivity index (χ0n) is 9.62. The van der Waals surface area contributed by atoms with Gasteiger partial charge in [0.2, 0.25) is 11.0 Å². The molecule has 5 nitrogen and oxygen atoms in total. The molecule has 0 aliphatic carbocycles. The Balaban J connectivity index is 2.21. The molecule has 1 N–H and O–H groups in total. The minimum Gasteiger partial charge on any atom is -0.327 e. The summed E-state index contributed by atoms with van der Waals surface area (Å²) in [5, 5.41) is 7.07. The van der Waals surface area contributed by atoms with Crippen LogP contribution in [0.4, 0.5) is 24.0 Å². The van der Waals surface area contributed by atoms with Crippen molar-refractivity contribution in [1.29, 1.82) is 0 Å². The number of aryl methyl sites for hydroxylation is 2. The molecule has 9 heteroatoms. The minimum atomic E-state index is -4.51. The molecule has 0 unspecified atom stereocenters. The SMILES string of the molecule is CCc1nn(C)cc1Nc1nc(C(F)(F)F)ns1. The number of hydrogen-bond acceptors (Lipinski definition) is 5. The van der Waals surface area contributed by atoms with Crippen LogP contribution in [0.25, 0.3) is 0 Å². The molecule has 0 saturated heterocycles. The highest BCUT2D eigenvalue weighted by Crippen LogP contribution is 2.30. The third kappa shape index (κ3) is 2.61. The lowest BCUT2D eigenvalue weighted by molar-refractivity contribution is -0.144. The van der Waals surface area contributed by atoms with E-state index < -0.39 is 12.0 Å². The van der Waals surface area contributed by atoms with Crippen LogP contribution < -0.4 is 5.32 Å². The molecule has 0 aromatic carbocycles. The van der Waals surface area contributed by atoms with Crippen LogP contribution in [0.1, 0.15) is 18.4 Å². The predicted molar refractivity (Wildman–Crippen MR) is 60.8 cm³/mol. The first-order valence-electron chi connectivity index (χ1n) is 5.10. The number of aromatic nitrogens is 4. The van der Waals surface area contributed by atoms with Crippen LogP contribution in [0, 0.1) is 0 Å². The largest absolute Gasteiger partial charge is 0.452 e. The van der Waals surface area contributed by atoms with E-state index in [4.69, 9.17) is 0 Å². The zero-order chi connectivity index (χ0) is 13.3. The van der Waals surface area contributed by atoms with Gasteiger partial charge in [-0.05, 0) is 6.42 Å². The van der Waals surface area contributed by atoms with Crippen molar-refractivity contribution in [3.05, 3.63) is 17.7 Å². The summed E-state index contributed by atoms with van der Waals surface area (Å²) < 4.78 is 41.8. The summed E-state index contributed by atoms with van der Waals surface area (Å²) in [5.74, 6) is -1.13. The maximum absolute atomic E-state index is 12.3. The van der Waals surface area contributed by atoms with E-state index in [9.17, 15) is 13.2 Å². The molecule has 0 spiro atoms. The van der Waals surface area contributed by atoms with Gasteiger partial charge >= 0.3 is 6.18 Å². The van der Waals surface area contributed by atoms with Crippen LogP contribution in [-0.2, 0) is 19.6 Å². The van der Waals surface area contributed by atoms with E-state index in [0.29, 0.717) is 23.6 Å². The first-order chi connectivity index (χ1) is 8.40. The number of anilines is 2. The molecule has 0 radical (unpaired) electrons. The van der Waals surface area contributed by atoms with Crippen molar-refractivity contribution in [1.82, 2.24) is 19.1 Å². The maximum Gasteiger partial charge on any atom is 0.452 e. The van der Waals surface area contributed by atoms with Gasteiger partial charge in [0.1, 0.15) is 0 Å². The number of alkyl halides is 3. The molecule has 0 aliphatic rings. The Morgan fingerprint density at radius 1 is 1.44 bits per heavy atom. The standard InChI is InChI=1S/C9H10F3N5S/c1-3-5-6(4-17(2)15-5)13-8-14-7(16-18-8)9(10,11)12/h4H,3H2,1-2H3,(H,13,14,16). The maximum atomic E-state index is 12.3. The van der Waals surface area contributed by atoms with Crippen LogP contribution in [0.15, 0.2) is 6.20 Å². The van der Waals surface area contributed by atoms with Crippen molar-refractivity contribution < 1.29 is 13.2 Å². The molecule has 0 aliphatic heterocycles.